The summed E-state index contributed by atoms with van der Waals surface area (Å²) in [6.07, 6.45) is 6.41. The largest absolute Gasteiger partial charge is 0.497 e. The Hall–Kier alpha value is -2.11. The van der Waals surface area contributed by atoms with Crippen molar-refractivity contribution in [3.63, 3.8) is 0 Å². The molecule has 2 saturated heterocycles. The highest BCUT2D eigenvalue weighted by Gasteiger charge is 2.41. The standard InChI is InChI=1S/C23H29N3OS/c1-27-22-12-5-9-18(15-22)24-23(28)25-19-13-20-10-6-11-21(14-19)26(20)16-17-7-3-2-4-8-17/h2-5,7-9,12,15,19-21H,6,10-11,13-14,16H2,1H3,(H2,24,25,28)/p+1/t19?,20-,21+. The molecule has 0 saturated carbocycles. The van der Waals surface area contributed by atoms with Gasteiger partial charge in [-0.2, -0.15) is 0 Å². The molecular weight excluding hydrogens is 366 g/mol. The minimum atomic E-state index is 0.459. The van der Waals surface area contributed by atoms with E-state index in [1.807, 2.05) is 24.3 Å². The zero-order valence-electron chi connectivity index (χ0n) is 16.5. The number of rotatable bonds is 5. The lowest BCUT2D eigenvalue weighted by Crippen LogP contribution is -3.20. The summed E-state index contributed by atoms with van der Waals surface area (Å²) in [5, 5.41) is 7.61. The average molecular weight is 397 g/mol. The molecule has 2 fully saturated rings. The number of quaternary nitrogens is 1. The van der Waals surface area contributed by atoms with E-state index in [0.29, 0.717) is 11.2 Å². The van der Waals surface area contributed by atoms with Gasteiger partial charge in [0.25, 0.3) is 0 Å². The van der Waals surface area contributed by atoms with Crippen LogP contribution in [0, 0.1) is 0 Å². The van der Waals surface area contributed by atoms with Crippen LogP contribution in [0.1, 0.15) is 37.7 Å². The van der Waals surface area contributed by atoms with Crippen molar-refractivity contribution in [1.29, 1.82) is 0 Å². The van der Waals surface area contributed by atoms with Crippen molar-refractivity contribution in [3.8, 4) is 5.75 Å². The maximum Gasteiger partial charge on any atom is 0.171 e. The van der Waals surface area contributed by atoms with E-state index in [9.17, 15) is 0 Å². The second kappa shape index (κ2) is 8.93. The predicted octanol–water partition coefficient (Wildman–Crippen LogP) is 3.15. The Morgan fingerprint density at radius 3 is 2.54 bits per heavy atom. The summed E-state index contributed by atoms with van der Waals surface area (Å²) in [6.45, 7) is 1.15. The highest BCUT2D eigenvalue weighted by atomic mass is 32.1. The summed E-state index contributed by atoms with van der Waals surface area (Å²) in [5.41, 5.74) is 2.42. The molecule has 5 heteroatoms. The molecule has 2 heterocycles. The van der Waals surface area contributed by atoms with Crippen LogP contribution >= 0.6 is 12.2 Å². The van der Waals surface area contributed by atoms with E-state index in [0.717, 1.165) is 30.1 Å². The van der Waals surface area contributed by atoms with Crippen LogP contribution in [0.15, 0.2) is 54.6 Å². The molecule has 2 unspecified atom stereocenters. The smallest absolute Gasteiger partial charge is 0.171 e. The molecule has 3 N–H and O–H groups in total. The maximum atomic E-state index is 5.59. The first kappa shape index (κ1) is 19.2. The Morgan fingerprint density at radius 2 is 1.82 bits per heavy atom. The number of benzene rings is 2. The lowest BCUT2D eigenvalue weighted by atomic mass is 9.81. The zero-order chi connectivity index (χ0) is 19.3. The minimum absolute atomic E-state index is 0.459. The topological polar surface area (TPSA) is 37.7 Å². The number of methoxy groups -OCH3 is 1. The molecule has 0 aromatic heterocycles. The van der Waals surface area contributed by atoms with Gasteiger partial charge in [-0.25, -0.2) is 0 Å². The van der Waals surface area contributed by atoms with Gasteiger partial charge in [0.15, 0.2) is 5.11 Å². The minimum Gasteiger partial charge on any atom is -0.497 e. The van der Waals surface area contributed by atoms with Crippen molar-refractivity contribution < 1.29 is 9.64 Å². The number of fused-ring (bicyclic) bond motifs is 2. The first-order valence-corrected chi connectivity index (χ1v) is 10.7. The molecule has 0 aliphatic carbocycles. The van der Waals surface area contributed by atoms with Crippen LogP contribution in [0.4, 0.5) is 5.69 Å². The molecule has 2 aromatic rings. The van der Waals surface area contributed by atoms with Crippen LogP contribution in [-0.4, -0.2) is 30.3 Å². The second-order valence-corrected chi connectivity index (χ2v) is 8.47. The Kier molecular flexibility index (Phi) is 6.13. The van der Waals surface area contributed by atoms with Gasteiger partial charge in [0.2, 0.25) is 0 Å². The van der Waals surface area contributed by atoms with Crippen molar-refractivity contribution in [2.24, 2.45) is 0 Å². The first-order valence-electron chi connectivity index (χ1n) is 10.3. The monoisotopic (exact) mass is 396 g/mol. The van der Waals surface area contributed by atoms with Gasteiger partial charge in [0.05, 0.1) is 19.2 Å². The van der Waals surface area contributed by atoms with Crippen LogP contribution in [0.3, 0.4) is 0 Å². The maximum absolute atomic E-state index is 5.59. The Balaban J connectivity index is 1.35. The molecule has 2 aliphatic rings. The van der Waals surface area contributed by atoms with Crippen LogP contribution in [0.5, 0.6) is 5.75 Å². The zero-order valence-corrected chi connectivity index (χ0v) is 17.3. The number of nitrogens with one attached hydrogen (secondary N) is 3. The van der Waals surface area contributed by atoms with Gasteiger partial charge >= 0.3 is 0 Å². The average Bonchev–Trinajstić information content (AvgIpc) is 2.69. The van der Waals surface area contributed by atoms with Crippen molar-refractivity contribution >= 4 is 23.0 Å². The summed E-state index contributed by atoms with van der Waals surface area (Å²) >= 11 is 5.59. The van der Waals surface area contributed by atoms with E-state index < -0.39 is 0 Å². The molecule has 148 valence electrons. The van der Waals surface area contributed by atoms with E-state index in [1.165, 1.54) is 37.7 Å². The lowest BCUT2D eigenvalue weighted by molar-refractivity contribution is -0.973. The SMILES string of the molecule is COc1cccc(NC(=S)NC2C[C@H]3CCC[C@@H](C2)[NH+]3Cc2ccccc2)c1. The van der Waals surface area contributed by atoms with Gasteiger partial charge < -0.3 is 20.3 Å². The van der Waals surface area contributed by atoms with Gasteiger partial charge in [-0.15, -0.1) is 0 Å². The highest BCUT2D eigenvalue weighted by molar-refractivity contribution is 7.80. The van der Waals surface area contributed by atoms with Crippen LogP contribution in [0.25, 0.3) is 0 Å². The second-order valence-electron chi connectivity index (χ2n) is 8.06. The van der Waals surface area contributed by atoms with Crippen molar-refractivity contribution in [1.82, 2.24) is 5.32 Å². The number of anilines is 1. The number of hydrogen-bond donors (Lipinski definition) is 3. The van der Waals surface area contributed by atoms with E-state index in [4.69, 9.17) is 17.0 Å². The van der Waals surface area contributed by atoms with Gasteiger partial charge in [0.1, 0.15) is 12.3 Å². The van der Waals surface area contributed by atoms with E-state index >= 15 is 0 Å². The third-order valence-corrected chi connectivity index (χ3v) is 6.43. The normalized spacial score (nSPS) is 26.3. The molecule has 2 aromatic carbocycles. The third-order valence-electron chi connectivity index (χ3n) is 6.21. The molecular formula is C23H30N3OS+. The molecule has 0 radical (unpaired) electrons. The third kappa shape index (κ3) is 4.65. The summed E-state index contributed by atoms with van der Waals surface area (Å²) in [5.74, 6) is 0.833. The molecule has 4 nitrogen and oxygen atoms in total. The molecule has 0 amide bonds. The lowest BCUT2D eigenvalue weighted by Gasteiger charge is -2.46. The Morgan fingerprint density at radius 1 is 1.07 bits per heavy atom. The van der Waals surface area contributed by atoms with Gasteiger partial charge in [-0.05, 0) is 43.6 Å². The highest BCUT2D eigenvalue weighted by Crippen LogP contribution is 2.23. The number of piperidine rings is 2. The molecule has 2 aliphatic heterocycles. The summed E-state index contributed by atoms with van der Waals surface area (Å²) in [7, 11) is 1.68. The summed E-state index contributed by atoms with van der Waals surface area (Å²) in [4.78, 5) is 1.78. The molecule has 4 rings (SSSR count). The van der Waals surface area contributed by atoms with Crippen molar-refractivity contribution in [2.45, 2.75) is 56.8 Å². The van der Waals surface area contributed by atoms with Crippen molar-refractivity contribution in [2.75, 3.05) is 12.4 Å². The number of ether oxygens (including phenoxy) is 1. The van der Waals surface area contributed by atoms with Crippen LogP contribution in [0.2, 0.25) is 0 Å². The first-order chi connectivity index (χ1) is 13.7. The number of thiocarbonyl (C=S) groups is 1. The van der Waals surface area contributed by atoms with Crippen LogP contribution in [-0.2, 0) is 6.54 Å². The summed E-state index contributed by atoms with van der Waals surface area (Å²) < 4.78 is 5.29. The van der Waals surface area contributed by atoms with Crippen molar-refractivity contribution in [3.05, 3.63) is 60.2 Å². The van der Waals surface area contributed by atoms with E-state index in [1.54, 1.807) is 12.0 Å². The summed E-state index contributed by atoms with van der Waals surface area (Å²) in [6, 6.07) is 20.7. The van der Waals surface area contributed by atoms with E-state index in [-0.39, 0.29) is 0 Å². The van der Waals surface area contributed by atoms with Gasteiger partial charge in [-0.1, -0.05) is 36.4 Å². The number of hydrogen-bond acceptors (Lipinski definition) is 2. The molecule has 2 bridgehead atoms. The molecule has 0 spiro atoms. The quantitative estimate of drug-likeness (QED) is 0.679. The Bertz CT molecular complexity index is 783. The predicted molar refractivity (Wildman–Crippen MR) is 118 cm³/mol. The fraction of sp³-hybridized carbons (Fsp3) is 0.435. The van der Waals surface area contributed by atoms with E-state index in [2.05, 4.69) is 41.0 Å². The van der Waals surface area contributed by atoms with Gasteiger partial charge in [0, 0.05) is 36.2 Å². The van der Waals surface area contributed by atoms with Gasteiger partial charge in [-0.3, -0.25) is 0 Å². The molecule has 28 heavy (non-hydrogen) atoms. The fourth-order valence-electron chi connectivity index (χ4n) is 4.93. The fourth-order valence-corrected chi connectivity index (χ4v) is 5.21. The van der Waals surface area contributed by atoms with Crippen LogP contribution < -0.4 is 20.3 Å². The Labute approximate surface area is 173 Å². The molecule has 4 atom stereocenters.